The van der Waals surface area contributed by atoms with Crippen molar-refractivity contribution in [1.82, 2.24) is 9.88 Å². The standard InChI is InChI=1S/C14H15ClFN3OS/c1-8(17)13-18-12(7-21-13)14(20)19(2)6-9-10(15)4-3-5-11(9)16/h3-5,7-8H,6,17H2,1-2H3. The normalized spacial score (nSPS) is 12.2. The molecule has 0 spiro atoms. The third-order valence-electron chi connectivity index (χ3n) is 2.93. The molecule has 0 aliphatic heterocycles. The Bertz CT molecular complexity index is 639. The first-order chi connectivity index (χ1) is 9.90. The quantitative estimate of drug-likeness (QED) is 0.938. The molecule has 0 saturated carbocycles. The largest absolute Gasteiger partial charge is 0.336 e. The number of hydrogen-bond acceptors (Lipinski definition) is 4. The summed E-state index contributed by atoms with van der Waals surface area (Å²) in [6, 6.07) is 4.22. The van der Waals surface area contributed by atoms with Gasteiger partial charge >= 0.3 is 0 Å². The molecule has 1 unspecified atom stereocenters. The highest BCUT2D eigenvalue weighted by Crippen LogP contribution is 2.22. The Morgan fingerprint density at radius 2 is 2.29 bits per heavy atom. The summed E-state index contributed by atoms with van der Waals surface area (Å²) in [6.45, 7) is 1.88. The van der Waals surface area contributed by atoms with Crippen LogP contribution in [0.3, 0.4) is 0 Å². The van der Waals surface area contributed by atoms with Crippen molar-refractivity contribution in [3.63, 3.8) is 0 Å². The summed E-state index contributed by atoms with van der Waals surface area (Å²) in [5, 5.41) is 2.64. The summed E-state index contributed by atoms with van der Waals surface area (Å²) in [5.74, 6) is -0.728. The highest BCUT2D eigenvalue weighted by molar-refractivity contribution is 7.09. The van der Waals surface area contributed by atoms with Gasteiger partial charge in [0.1, 0.15) is 16.5 Å². The molecule has 1 heterocycles. The Balaban J connectivity index is 2.15. The Labute approximate surface area is 131 Å². The van der Waals surface area contributed by atoms with Crippen LogP contribution in [0.1, 0.15) is 34.0 Å². The predicted octanol–water partition coefficient (Wildman–Crippen LogP) is 3.23. The van der Waals surface area contributed by atoms with Gasteiger partial charge in [-0.1, -0.05) is 17.7 Å². The van der Waals surface area contributed by atoms with Crippen molar-refractivity contribution in [1.29, 1.82) is 0 Å². The second kappa shape index (κ2) is 6.51. The van der Waals surface area contributed by atoms with Gasteiger partial charge < -0.3 is 10.6 Å². The number of rotatable bonds is 4. The molecule has 0 aliphatic carbocycles. The van der Waals surface area contributed by atoms with Crippen molar-refractivity contribution in [2.75, 3.05) is 7.05 Å². The van der Waals surface area contributed by atoms with E-state index in [1.165, 1.54) is 28.4 Å². The molecule has 2 N–H and O–H groups in total. The lowest BCUT2D eigenvalue weighted by Gasteiger charge is -2.17. The topological polar surface area (TPSA) is 59.2 Å². The number of benzene rings is 1. The Hall–Kier alpha value is -1.50. The van der Waals surface area contributed by atoms with E-state index in [4.69, 9.17) is 17.3 Å². The molecule has 7 heteroatoms. The van der Waals surface area contributed by atoms with E-state index in [1.807, 2.05) is 0 Å². The van der Waals surface area contributed by atoms with Gasteiger partial charge in [0.25, 0.3) is 5.91 Å². The van der Waals surface area contributed by atoms with Gasteiger partial charge in [-0.2, -0.15) is 0 Å². The maximum Gasteiger partial charge on any atom is 0.273 e. The van der Waals surface area contributed by atoms with Crippen molar-refractivity contribution in [3.8, 4) is 0 Å². The number of aromatic nitrogens is 1. The molecule has 21 heavy (non-hydrogen) atoms. The lowest BCUT2D eigenvalue weighted by Crippen LogP contribution is -2.27. The maximum atomic E-state index is 13.7. The third kappa shape index (κ3) is 3.58. The summed E-state index contributed by atoms with van der Waals surface area (Å²) in [4.78, 5) is 17.8. The summed E-state index contributed by atoms with van der Waals surface area (Å²) in [5.41, 5.74) is 6.32. The molecule has 0 bridgehead atoms. The highest BCUT2D eigenvalue weighted by atomic mass is 35.5. The lowest BCUT2D eigenvalue weighted by molar-refractivity contribution is 0.0778. The van der Waals surface area contributed by atoms with E-state index in [2.05, 4.69) is 4.98 Å². The SMILES string of the molecule is CC(N)c1nc(C(=O)N(C)Cc2c(F)cccc2Cl)cs1. The van der Waals surface area contributed by atoms with Gasteiger partial charge in [-0.05, 0) is 19.1 Å². The monoisotopic (exact) mass is 327 g/mol. The van der Waals surface area contributed by atoms with E-state index >= 15 is 0 Å². The predicted molar refractivity (Wildman–Crippen MR) is 81.9 cm³/mol. The molecule has 1 atom stereocenters. The zero-order valence-corrected chi connectivity index (χ0v) is 13.2. The molecule has 2 rings (SSSR count). The fourth-order valence-corrected chi connectivity index (χ4v) is 2.76. The van der Waals surface area contributed by atoms with E-state index in [0.29, 0.717) is 15.7 Å². The number of hydrogen-bond donors (Lipinski definition) is 1. The first-order valence-corrected chi connectivity index (χ1v) is 7.55. The van der Waals surface area contributed by atoms with Gasteiger partial charge in [0.05, 0.1) is 12.6 Å². The second-order valence-corrected chi connectivity index (χ2v) is 6.02. The minimum absolute atomic E-state index is 0.0787. The molecule has 1 amide bonds. The minimum Gasteiger partial charge on any atom is -0.336 e. The number of nitrogens with two attached hydrogens (primary N) is 1. The number of carbonyl (C=O) groups is 1. The van der Waals surface area contributed by atoms with Crippen molar-refractivity contribution in [2.45, 2.75) is 19.5 Å². The number of amides is 1. The molecule has 1 aromatic heterocycles. The number of thiazole rings is 1. The van der Waals surface area contributed by atoms with Crippen molar-refractivity contribution in [2.24, 2.45) is 5.73 Å². The number of carbonyl (C=O) groups excluding carboxylic acids is 1. The number of nitrogens with zero attached hydrogens (tertiary/aromatic N) is 2. The molecule has 4 nitrogen and oxygen atoms in total. The molecule has 0 fully saturated rings. The van der Waals surface area contributed by atoms with E-state index in [1.54, 1.807) is 25.4 Å². The number of halogens is 2. The zero-order valence-electron chi connectivity index (χ0n) is 11.6. The molecular formula is C14H15ClFN3OS. The van der Waals surface area contributed by atoms with E-state index in [0.717, 1.165) is 0 Å². The van der Waals surface area contributed by atoms with Gasteiger partial charge in [0.15, 0.2) is 0 Å². The average Bonchev–Trinajstić information content (AvgIpc) is 2.92. The molecular weight excluding hydrogens is 313 g/mol. The fourth-order valence-electron chi connectivity index (χ4n) is 1.78. The fraction of sp³-hybridized carbons (Fsp3) is 0.286. The van der Waals surface area contributed by atoms with Crippen LogP contribution < -0.4 is 5.73 Å². The Morgan fingerprint density at radius 3 is 2.86 bits per heavy atom. The van der Waals surface area contributed by atoms with Crippen LogP contribution >= 0.6 is 22.9 Å². The second-order valence-electron chi connectivity index (χ2n) is 4.72. The first-order valence-electron chi connectivity index (χ1n) is 6.29. The molecule has 0 aliphatic rings. The molecule has 2 aromatic rings. The van der Waals surface area contributed by atoms with Crippen LogP contribution in [0, 0.1) is 5.82 Å². The van der Waals surface area contributed by atoms with Crippen LogP contribution in [0.15, 0.2) is 23.6 Å². The summed E-state index contributed by atoms with van der Waals surface area (Å²) in [7, 11) is 1.58. The highest BCUT2D eigenvalue weighted by Gasteiger charge is 2.19. The van der Waals surface area contributed by atoms with Crippen LogP contribution in [0.5, 0.6) is 0 Å². The summed E-state index contributed by atoms with van der Waals surface area (Å²) in [6.07, 6.45) is 0. The van der Waals surface area contributed by atoms with Gasteiger partial charge in [-0.3, -0.25) is 4.79 Å². The Morgan fingerprint density at radius 1 is 1.57 bits per heavy atom. The lowest BCUT2D eigenvalue weighted by atomic mass is 10.2. The zero-order chi connectivity index (χ0) is 15.6. The average molecular weight is 328 g/mol. The van der Waals surface area contributed by atoms with Crippen LogP contribution in [-0.4, -0.2) is 22.8 Å². The van der Waals surface area contributed by atoms with Gasteiger partial charge in [-0.15, -0.1) is 11.3 Å². The van der Waals surface area contributed by atoms with Gasteiger partial charge in [0.2, 0.25) is 0 Å². The molecule has 112 valence electrons. The van der Waals surface area contributed by atoms with E-state index in [9.17, 15) is 9.18 Å². The molecule has 1 aromatic carbocycles. The Kier molecular flexibility index (Phi) is 4.92. The smallest absolute Gasteiger partial charge is 0.273 e. The van der Waals surface area contributed by atoms with Crippen LogP contribution in [-0.2, 0) is 6.54 Å². The van der Waals surface area contributed by atoms with Gasteiger partial charge in [-0.25, -0.2) is 9.37 Å². The maximum absolute atomic E-state index is 13.7. The first kappa shape index (κ1) is 15.9. The van der Waals surface area contributed by atoms with Crippen molar-refractivity contribution >= 4 is 28.8 Å². The summed E-state index contributed by atoms with van der Waals surface area (Å²) >= 11 is 7.29. The summed E-state index contributed by atoms with van der Waals surface area (Å²) < 4.78 is 13.7. The van der Waals surface area contributed by atoms with Crippen LogP contribution in [0.2, 0.25) is 5.02 Å². The minimum atomic E-state index is -0.434. The van der Waals surface area contributed by atoms with Crippen molar-refractivity contribution in [3.05, 3.63) is 50.7 Å². The van der Waals surface area contributed by atoms with Crippen molar-refractivity contribution < 1.29 is 9.18 Å². The third-order valence-corrected chi connectivity index (χ3v) is 4.33. The van der Waals surface area contributed by atoms with Crippen LogP contribution in [0.4, 0.5) is 4.39 Å². The molecule has 0 radical (unpaired) electrons. The van der Waals surface area contributed by atoms with Gasteiger partial charge in [0, 0.05) is 23.0 Å². The molecule has 0 saturated heterocycles. The van der Waals surface area contributed by atoms with E-state index < -0.39 is 5.82 Å². The van der Waals surface area contributed by atoms with E-state index in [-0.39, 0.29) is 24.1 Å². The van der Waals surface area contributed by atoms with Crippen LogP contribution in [0.25, 0.3) is 0 Å².